The van der Waals surface area contributed by atoms with Gasteiger partial charge < -0.3 is 43.3 Å². The lowest BCUT2D eigenvalue weighted by atomic mass is 10.3. The zero-order valence-corrected chi connectivity index (χ0v) is 12.0. The molecular weight excluding hydrogens is 284 g/mol. The summed E-state index contributed by atoms with van der Waals surface area (Å²) in [7, 11) is 11.1. The molecule has 0 heterocycles. The van der Waals surface area contributed by atoms with E-state index in [9.17, 15) is 0 Å². The van der Waals surface area contributed by atoms with Gasteiger partial charge in [0.1, 0.15) is 0 Å². The van der Waals surface area contributed by atoms with Gasteiger partial charge >= 0.3 is 0 Å². The Morgan fingerprint density at radius 3 is 1.67 bits per heavy atom. The van der Waals surface area contributed by atoms with Gasteiger partial charge in [-0.3, -0.25) is 0 Å². The zero-order valence-electron chi connectivity index (χ0n) is 8.82. The summed E-state index contributed by atoms with van der Waals surface area (Å²) in [6.45, 7) is 2.57. The molecule has 0 rings (SSSR count). The average Bonchev–Trinajstić information content (AvgIpc) is 1.59. The Bertz CT molecular complexity index is 89.5. The topological polar surface area (TPSA) is 4.44 Å². The minimum absolute atomic E-state index is 0. The molecule has 0 unspecified atom stereocenters. The highest BCUT2D eigenvalue weighted by molar-refractivity contribution is 4.29. The Labute approximate surface area is 98.0 Å². The van der Waals surface area contributed by atoms with Gasteiger partial charge in [-0.25, -0.2) is 0 Å². The first kappa shape index (κ1) is 18.6. The predicted molar refractivity (Wildman–Crippen MR) is 45.2 cm³/mol. The first-order valence-electron chi connectivity index (χ1n) is 4.01. The third-order valence-corrected chi connectivity index (χ3v) is 1.51. The Morgan fingerprint density at radius 1 is 1.00 bits per heavy atom. The van der Waals surface area contributed by atoms with Crippen molar-refractivity contribution in [3.05, 3.63) is 0 Å². The summed E-state index contributed by atoms with van der Waals surface area (Å²) >= 11 is 0. The lowest BCUT2D eigenvalue weighted by Gasteiger charge is -2.23. The molecule has 0 aromatic rings. The maximum atomic E-state index is 2.24. The molecule has 0 aliphatic carbocycles. The maximum Gasteiger partial charge on any atom is 0.0834 e. The van der Waals surface area contributed by atoms with Crippen molar-refractivity contribution in [3.8, 4) is 0 Å². The van der Waals surface area contributed by atoms with Gasteiger partial charge in [-0.1, -0.05) is 0 Å². The van der Waals surface area contributed by atoms with E-state index in [1.165, 1.54) is 19.5 Å². The summed E-state index contributed by atoms with van der Waals surface area (Å²) in [6.07, 6.45) is 1.33. The minimum atomic E-state index is 0. The highest BCUT2D eigenvalue weighted by Gasteiger charge is 2.06. The smallest absolute Gasteiger partial charge is 0.0834 e. The Morgan fingerprint density at radius 2 is 1.42 bits per heavy atom. The highest BCUT2D eigenvalue weighted by Crippen LogP contribution is 1.90. The van der Waals surface area contributed by atoms with E-state index in [0.29, 0.717) is 0 Å². The van der Waals surface area contributed by atoms with Crippen LogP contribution >= 0.6 is 0 Å². The molecule has 0 aliphatic heterocycles. The van der Waals surface area contributed by atoms with Gasteiger partial charge in [0, 0.05) is 6.42 Å². The standard InChI is InChI=1S/C8H21N2.2BrH/c1-9(2)7-6-8-10(3,4)5;;/h6-8H2,1-5H3;2*1H/q+1;;/p-1. The first-order chi connectivity index (χ1) is 4.42. The summed E-state index contributed by atoms with van der Waals surface area (Å²) < 4.78 is 1.09. The molecule has 0 aromatic carbocycles. The third-order valence-electron chi connectivity index (χ3n) is 1.51. The van der Waals surface area contributed by atoms with Crippen molar-refractivity contribution in [1.29, 1.82) is 0 Å². The molecule has 12 heavy (non-hydrogen) atoms. The van der Waals surface area contributed by atoms with Crippen molar-refractivity contribution in [2.75, 3.05) is 48.3 Å². The van der Waals surface area contributed by atoms with E-state index in [1.807, 2.05) is 0 Å². The quantitative estimate of drug-likeness (QED) is 0.493. The van der Waals surface area contributed by atoms with Crippen LogP contribution in [0.3, 0.4) is 0 Å². The van der Waals surface area contributed by atoms with Crippen molar-refractivity contribution >= 4 is 0 Å². The average molecular weight is 306 g/mol. The Kier molecular flexibility index (Phi) is 13.2. The molecule has 0 radical (unpaired) electrons. The second-order valence-corrected chi connectivity index (χ2v) is 4.32. The lowest BCUT2D eigenvalue weighted by Crippen LogP contribution is -3.05. The molecule has 0 spiro atoms. The summed E-state index contributed by atoms with van der Waals surface area (Å²) in [6, 6.07) is 0. The van der Waals surface area contributed by atoms with Crippen molar-refractivity contribution < 1.29 is 43.3 Å². The molecule has 0 saturated heterocycles. The summed E-state index contributed by atoms with van der Waals surface area (Å²) in [5, 5.41) is 0. The minimum Gasteiger partial charge on any atom is -1.00 e. The third kappa shape index (κ3) is 17.1. The van der Waals surface area contributed by atoms with Crippen LogP contribution in [0.1, 0.15) is 6.42 Å². The highest BCUT2D eigenvalue weighted by atomic mass is 79.9. The van der Waals surface area contributed by atoms with Crippen molar-refractivity contribution in [3.63, 3.8) is 0 Å². The molecule has 0 saturated carbocycles. The van der Waals surface area contributed by atoms with Gasteiger partial charge in [-0.05, 0) is 0 Å². The monoisotopic (exact) mass is 304 g/mol. The molecule has 0 amide bonds. The fraction of sp³-hybridized carbons (Fsp3) is 1.00. The molecule has 4 heteroatoms. The fourth-order valence-electron chi connectivity index (χ4n) is 0.907. The molecule has 0 fully saturated rings. The van der Waals surface area contributed by atoms with E-state index in [1.54, 1.807) is 4.90 Å². The number of nitrogens with zero attached hydrogens (tertiary/aromatic N) is 1. The SMILES string of the molecule is C[NH+](C)CCC[N+](C)(C)C.[Br-].[Br-]. The van der Waals surface area contributed by atoms with Gasteiger partial charge in [0.05, 0.1) is 48.3 Å². The van der Waals surface area contributed by atoms with Gasteiger partial charge in [-0.2, -0.15) is 0 Å². The number of hydrogen-bond donors (Lipinski definition) is 1. The summed E-state index contributed by atoms with van der Waals surface area (Å²) in [4.78, 5) is 1.55. The Hall–Kier alpha value is 0.880. The van der Waals surface area contributed by atoms with E-state index < -0.39 is 0 Å². The predicted octanol–water partition coefficient (Wildman–Crippen LogP) is -6.76. The second-order valence-electron chi connectivity index (χ2n) is 4.32. The van der Waals surface area contributed by atoms with Crippen LogP contribution < -0.4 is 38.9 Å². The van der Waals surface area contributed by atoms with Gasteiger partial charge in [0.15, 0.2) is 0 Å². The summed E-state index contributed by atoms with van der Waals surface area (Å²) in [5.41, 5.74) is 0. The van der Waals surface area contributed by atoms with E-state index in [0.717, 1.165) is 4.48 Å². The number of quaternary nitrogens is 2. The van der Waals surface area contributed by atoms with Gasteiger partial charge in [0.2, 0.25) is 0 Å². The van der Waals surface area contributed by atoms with Gasteiger partial charge in [-0.15, -0.1) is 0 Å². The number of nitrogens with one attached hydrogen (secondary N) is 1. The van der Waals surface area contributed by atoms with Crippen molar-refractivity contribution in [2.24, 2.45) is 0 Å². The number of rotatable bonds is 4. The van der Waals surface area contributed by atoms with Crippen LogP contribution in [0.4, 0.5) is 0 Å². The molecule has 0 aromatic heterocycles. The van der Waals surface area contributed by atoms with Crippen LogP contribution in [0.2, 0.25) is 0 Å². The molecule has 0 atom stereocenters. The molecule has 0 bridgehead atoms. The Balaban J connectivity index is -0.000000405. The molecular formula is C8H22Br2N2. The van der Waals surface area contributed by atoms with Crippen LogP contribution in [-0.2, 0) is 0 Å². The normalized spacial score (nSPS) is 10.5. The van der Waals surface area contributed by atoms with Crippen LogP contribution in [-0.4, -0.2) is 52.8 Å². The fourth-order valence-corrected chi connectivity index (χ4v) is 0.907. The number of hydrogen-bond acceptors (Lipinski definition) is 0. The zero-order chi connectivity index (χ0) is 8.20. The van der Waals surface area contributed by atoms with Crippen molar-refractivity contribution in [1.82, 2.24) is 0 Å². The van der Waals surface area contributed by atoms with E-state index in [4.69, 9.17) is 0 Å². The molecule has 1 N–H and O–H groups in total. The second kappa shape index (κ2) is 8.48. The van der Waals surface area contributed by atoms with E-state index >= 15 is 0 Å². The first-order valence-corrected chi connectivity index (χ1v) is 4.01. The van der Waals surface area contributed by atoms with Crippen LogP contribution in [0.25, 0.3) is 0 Å². The maximum absolute atomic E-state index is 2.24. The largest absolute Gasteiger partial charge is 1.00 e. The van der Waals surface area contributed by atoms with Crippen LogP contribution in [0.15, 0.2) is 0 Å². The molecule has 2 nitrogen and oxygen atoms in total. The van der Waals surface area contributed by atoms with E-state index in [-0.39, 0.29) is 34.0 Å². The lowest BCUT2D eigenvalue weighted by molar-refractivity contribution is -0.885. The van der Waals surface area contributed by atoms with Crippen LogP contribution in [0.5, 0.6) is 0 Å². The van der Waals surface area contributed by atoms with Gasteiger partial charge in [0.25, 0.3) is 0 Å². The van der Waals surface area contributed by atoms with Crippen molar-refractivity contribution in [2.45, 2.75) is 6.42 Å². The van der Waals surface area contributed by atoms with Crippen LogP contribution in [0, 0.1) is 0 Å². The van der Waals surface area contributed by atoms with E-state index in [2.05, 4.69) is 35.2 Å². The molecule has 78 valence electrons. The molecule has 0 aliphatic rings. The summed E-state index contributed by atoms with van der Waals surface area (Å²) in [5.74, 6) is 0. The number of halogens is 2.